The average molecular weight is 405 g/mol. The van der Waals surface area contributed by atoms with Crippen molar-refractivity contribution in [2.75, 3.05) is 22.4 Å². The minimum Gasteiger partial charge on any atom is -0.491 e. The molecule has 1 amide bonds. The molecular weight excluding hydrogens is 376 g/mol. The number of ether oxygens (including phenoxy) is 1. The quantitative estimate of drug-likeness (QED) is 0.721. The first-order chi connectivity index (χ1) is 13.1. The summed E-state index contributed by atoms with van der Waals surface area (Å²) in [5, 5.41) is 0. The Morgan fingerprint density at radius 1 is 1.07 bits per heavy atom. The van der Waals surface area contributed by atoms with E-state index in [9.17, 15) is 13.2 Å². The molecule has 0 saturated carbocycles. The molecule has 152 valence electrons. The zero-order valence-corrected chi connectivity index (χ0v) is 17.8. The van der Waals surface area contributed by atoms with Gasteiger partial charge in [0.05, 0.1) is 6.10 Å². The van der Waals surface area contributed by atoms with E-state index in [2.05, 4.69) is 18.6 Å². The van der Waals surface area contributed by atoms with Crippen molar-refractivity contribution in [3.8, 4) is 5.75 Å². The summed E-state index contributed by atoms with van der Waals surface area (Å²) in [5.41, 5.74) is 2.14. The van der Waals surface area contributed by atoms with Crippen molar-refractivity contribution in [2.24, 2.45) is 0 Å². The van der Waals surface area contributed by atoms with E-state index in [1.54, 1.807) is 37.4 Å². The smallest absolute Gasteiger partial charge is 0.243 e. The van der Waals surface area contributed by atoms with Crippen LogP contribution in [0.1, 0.15) is 39.2 Å². The normalized spacial score (nSPS) is 11.5. The third kappa shape index (κ3) is 6.27. The van der Waals surface area contributed by atoms with Gasteiger partial charge in [-0.05, 0) is 61.7 Å². The van der Waals surface area contributed by atoms with Gasteiger partial charge in [-0.15, -0.1) is 0 Å². The number of nitrogens with one attached hydrogen (secondary N) is 1. The van der Waals surface area contributed by atoms with Gasteiger partial charge in [0.2, 0.25) is 15.9 Å². The van der Waals surface area contributed by atoms with Gasteiger partial charge in [-0.1, -0.05) is 26.0 Å². The lowest BCUT2D eigenvalue weighted by Gasteiger charge is -2.19. The van der Waals surface area contributed by atoms with Crippen LogP contribution in [-0.2, 0) is 14.8 Å². The molecule has 2 rings (SSSR count). The Balaban J connectivity index is 2.04. The first-order valence-electron chi connectivity index (χ1n) is 9.21. The lowest BCUT2D eigenvalue weighted by Crippen LogP contribution is -2.34. The van der Waals surface area contributed by atoms with Gasteiger partial charge >= 0.3 is 0 Å². The number of amides is 1. The van der Waals surface area contributed by atoms with Gasteiger partial charge in [0.15, 0.2) is 0 Å². The molecule has 0 bridgehead atoms. The lowest BCUT2D eigenvalue weighted by atomic mass is 10.0. The molecule has 28 heavy (non-hydrogen) atoms. The number of sulfonamides is 1. The topological polar surface area (TPSA) is 75.7 Å². The van der Waals surface area contributed by atoms with E-state index in [0.717, 1.165) is 5.56 Å². The van der Waals surface area contributed by atoms with Crippen LogP contribution in [0.25, 0.3) is 0 Å². The first kappa shape index (κ1) is 21.8. The molecule has 0 aliphatic carbocycles. The lowest BCUT2D eigenvalue weighted by molar-refractivity contribution is -0.115. The van der Waals surface area contributed by atoms with Crippen LogP contribution >= 0.6 is 0 Å². The van der Waals surface area contributed by atoms with Gasteiger partial charge in [-0.25, -0.2) is 8.42 Å². The average Bonchev–Trinajstić information content (AvgIpc) is 2.61. The van der Waals surface area contributed by atoms with Gasteiger partial charge in [0.1, 0.15) is 11.5 Å². The van der Waals surface area contributed by atoms with E-state index < -0.39 is 21.7 Å². The summed E-state index contributed by atoms with van der Waals surface area (Å²) < 4.78 is 32.8. The number of nitrogens with zero attached hydrogens (tertiary/aromatic N) is 1. The van der Waals surface area contributed by atoms with E-state index in [0.29, 0.717) is 23.0 Å². The predicted molar refractivity (Wildman–Crippen MR) is 114 cm³/mol. The minimum atomic E-state index is -3.83. The van der Waals surface area contributed by atoms with Gasteiger partial charge in [-0.2, -0.15) is 0 Å². The molecule has 0 aliphatic heterocycles. The fourth-order valence-electron chi connectivity index (χ4n) is 2.59. The van der Waals surface area contributed by atoms with E-state index in [1.165, 1.54) is 4.90 Å². The van der Waals surface area contributed by atoms with Gasteiger partial charge < -0.3 is 9.64 Å². The Labute approximate surface area is 167 Å². The highest BCUT2D eigenvalue weighted by Crippen LogP contribution is 2.22. The predicted octanol–water partition coefficient (Wildman–Crippen LogP) is 4.00. The molecule has 7 heteroatoms. The van der Waals surface area contributed by atoms with Crippen molar-refractivity contribution in [3.63, 3.8) is 0 Å². The van der Waals surface area contributed by atoms with Crippen molar-refractivity contribution in [1.82, 2.24) is 0 Å². The van der Waals surface area contributed by atoms with Crippen LogP contribution < -0.4 is 14.4 Å². The molecule has 0 aromatic heterocycles. The van der Waals surface area contributed by atoms with Gasteiger partial charge in [0.25, 0.3) is 0 Å². The molecule has 0 radical (unpaired) electrons. The maximum absolute atomic E-state index is 12.5. The first-order valence-corrected chi connectivity index (χ1v) is 10.9. The Hall–Kier alpha value is -2.54. The minimum absolute atomic E-state index is 0.0323. The molecule has 6 nitrogen and oxygen atoms in total. The van der Waals surface area contributed by atoms with Crippen molar-refractivity contribution in [2.45, 2.75) is 39.7 Å². The number of hydrogen-bond donors (Lipinski definition) is 1. The second-order valence-electron chi connectivity index (χ2n) is 7.25. The molecule has 0 heterocycles. The van der Waals surface area contributed by atoms with Crippen molar-refractivity contribution < 1.29 is 17.9 Å². The number of anilines is 2. The summed E-state index contributed by atoms with van der Waals surface area (Å²) >= 11 is 0. The molecule has 0 aliphatic rings. The molecule has 2 aromatic rings. The second kappa shape index (κ2) is 9.10. The van der Waals surface area contributed by atoms with Crippen molar-refractivity contribution >= 4 is 27.3 Å². The third-order valence-electron chi connectivity index (χ3n) is 4.11. The van der Waals surface area contributed by atoms with Crippen molar-refractivity contribution in [3.05, 3.63) is 54.1 Å². The van der Waals surface area contributed by atoms with E-state index in [1.807, 2.05) is 32.0 Å². The number of carbonyl (C=O) groups excluding carboxylic acids is 1. The van der Waals surface area contributed by atoms with Crippen LogP contribution in [0.15, 0.2) is 48.5 Å². The number of benzene rings is 2. The van der Waals surface area contributed by atoms with Crippen LogP contribution in [0.2, 0.25) is 0 Å². The highest BCUT2D eigenvalue weighted by Gasteiger charge is 2.21. The summed E-state index contributed by atoms with van der Waals surface area (Å²) in [6, 6.07) is 14.1. The van der Waals surface area contributed by atoms with Crippen LogP contribution in [-0.4, -0.2) is 33.2 Å². The second-order valence-corrected chi connectivity index (χ2v) is 8.98. The maximum Gasteiger partial charge on any atom is 0.243 e. The Morgan fingerprint density at radius 3 is 2.29 bits per heavy atom. The molecule has 0 spiro atoms. The monoisotopic (exact) mass is 404 g/mol. The molecule has 0 fully saturated rings. The highest BCUT2D eigenvalue weighted by atomic mass is 32.2. The van der Waals surface area contributed by atoms with E-state index in [4.69, 9.17) is 4.74 Å². The van der Waals surface area contributed by atoms with Crippen LogP contribution in [0.4, 0.5) is 11.4 Å². The fraction of sp³-hybridized carbons (Fsp3) is 0.381. The Kier molecular flexibility index (Phi) is 7.07. The van der Waals surface area contributed by atoms with Crippen molar-refractivity contribution in [1.29, 1.82) is 0 Å². The molecule has 1 N–H and O–H groups in total. The fourth-order valence-corrected chi connectivity index (χ4v) is 3.67. The SMILES string of the molecule is CC(C)Oc1ccc(NS(=O)(=O)CC(=O)N(C)c2cccc(C(C)C)c2)cc1. The summed E-state index contributed by atoms with van der Waals surface area (Å²) in [7, 11) is -2.25. The summed E-state index contributed by atoms with van der Waals surface area (Å²) in [6.45, 7) is 7.95. The molecule has 2 aromatic carbocycles. The number of carbonyl (C=O) groups is 1. The third-order valence-corrected chi connectivity index (χ3v) is 5.28. The largest absolute Gasteiger partial charge is 0.491 e. The zero-order valence-electron chi connectivity index (χ0n) is 17.0. The van der Waals surface area contributed by atoms with Gasteiger partial charge in [-0.3, -0.25) is 9.52 Å². The molecule has 0 saturated heterocycles. The summed E-state index contributed by atoms with van der Waals surface area (Å²) in [6.07, 6.45) is 0.0323. The zero-order chi connectivity index (χ0) is 20.9. The maximum atomic E-state index is 12.5. The Morgan fingerprint density at radius 2 is 1.71 bits per heavy atom. The standard InChI is InChI=1S/C21H28N2O4S/c1-15(2)17-7-6-8-19(13-17)23(5)21(24)14-28(25,26)22-18-9-11-20(12-10-18)27-16(3)4/h6-13,15-16,22H,14H2,1-5H3. The van der Waals surface area contributed by atoms with Crippen LogP contribution in [0.5, 0.6) is 5.75 Å². The molecule has 0 atom stereocenters. The number of rotatable bonds is 8. The van der Waals surface area contributed by atoms with E-state index >= 15 is 0 Å². The highest BCUT2D eigenvalue weighted by molar-refractivity contribution is 7.93. The summed E-state index contributed by atoms with van der Waals surface area (Å²) in [5.74, 6) is -0.178. The van der Waals surface area contributed by atoms with Crippen LogP contribution in [0, 0.1) is 0 Å². The molecule has 0 unspecified atom stereocenters. The Bertz CT molecular complexity index is 906. The summed E-state index contributed by atoms with van der Waals surface area (Å²) in [4.78, 5) is 13.9. The van der Waals surface area contributed by atoms with E-state index in [-0.39, 0.29) is 6.10 Å². The van der Waals surface area contributed by atoms with Gasteiger partial charge in [0, 0.05) is 18.4 Å². The molecular formula is C21H28N2O4S. The number of hydrogen-bond acceptors (Lipinski definition) is 4. The van der Waals surface area contributed by atoms with Crippen LogP contribution in [0.3, 0.4) is 0 Å².